The van der Waals surface area contributed by atoms with Gasteiger partial charge in [-0.25, -0.2) is 0 Å². The standard InChI is InChI=1S/C12H22N4O2S2/c1-5-12(13-2,9(17)18)7-6-8-19-11-15-14-10(20-11)16(3)4/h13H,5-8H2,1-4H3,(H,17,18). The van der Waals surface area contributed by atoms with Crippen LogP contribution in [0.3, 0.4) is 0 Å². The van der Waals surface area contributed by atoms with Gasteiger partial charge in [-0.15, -0.1) is 10.2 Å². The molecular formula is C12H22N4O2S2. The number of nitrogens with zero attached hydrogens (tertiary/aromatic N) is 3. The highest BCUT2D eigenvalue weighted by molar-refractivity contribution is 8.01. The highest BCUT2D eigenvalue weighted by Gasteiger charge is 2.34. The fourth-order valence-corrected chi connectivity index (χ4v) is 3.59. The van der Waals surface area contributed by atoms with Crippen LogP contribution in [-0.4, -0.2) is 53.7 Å². The summed E-state index contributed by atoms with van der Waals surface area (Å²) in [6, 6.07) is 0. The summed E-state index contributed by atoms with van der Waals surface area (Å²) in [6.45, 7) is 1.89. The van der Waals surface area contributed by atoms with E-state index in [9.17, 15) is 9.90 Å². The Balaban J connectivity index is 2.42. The number of aliphatic carboxylic acids is 1. The van der Waals surface area contributed by atoms with E-state index in [2.05, 4.69) is 15.5 Å². The molecule has 0 aromatic carbocycles. The fraction of sp³-hybridized carbons (Fsp3) is 0.750. The summed E-state index contributed by atoms with van der Waals surface area (Å²) < 4.78 is 0.926. The molecule has 1 aromatic rings. The van der Waals surface area contributed by atoms with Crippen molar-refractivity contribution in [2.45, 2.75) is 36.1 Å². The number of carbonyl (C=O) groups is 1. The molecule has 20 heavy (non-hydrogen) atoms. The molecule has 6 nitrogen and oxygen atoms in total. The summed E-state index contributed by atoms with van der Waals surface area (Å²) in [4.78, 5) is 13.3. The molecule has 0 saturated carbocycles. The molecule has 1 rings (SSSR count). The Bertz CT molecular complexity index is 433. The minimum Gasteiger partial charge on any atom is -0.480 e. The molecule has 114 valence electrons. The Kier molecular flexibility index (Phi) is 6.70. The molecule has 0 aliphatic rings. The molecule has 1 aromatic heterocycles. The van der Waals surface area contributed by atoms with E-state index in [0.29, 0.717) is 12.8 Å². The van der Waals surface area contributed by atoms with Crippen molar-refractivity contribution in [2.24, 2.45) is 0 Å². The zero-order chi connectivity index (χ0) is 15.2. The van der Waals surface area contributed by atoms with E-state index >= 15 is 0 Å². The van der Waals surface area contributed by atoms with Gasteiger partial charge in [-0.05, 0) is 26.3 Å². The van der Waals surface area contributed by atoms with E-state index in [1.807, 2.05) is 25.9 Å². The monoisotopic (exact) mass is 318 g/mol. The minimum atomic E-state index is -0.809. The first-order valence-electron chi connectivity index (χ1n) is 6.51. The number of thioether (sulfide) groups is 1. The van der Waals surface area contributed by atoms with Gasteiger partial charge in [0.1, 0.15) is 5.54 Å². The van der Waals surface area contributed by atoms with Crippen LogP contribution < -0.4 is 10.2 Å². The molecule has 0 aliphatic heterocycles. The third kappa shape index (κ3) is 4.32. The van der Waals surface area contributed by atoms with Gasteiger partial charge in [-0.3, -0.25) is 4.79 Å². The predicted molar refractivity (Wildman–Crippen MR) is 83.9 cm³/mol. The number of anilines is 1. The van der Waals surface area contributed by atoms with Crippen LogP contribution in [0.4, 0.5) is 5.13 Å². The quantitative estimate of drug-likeness (QED) is 0.532. The van der Waals surface area contributed by atoms with Crippen LogP contribution in [0.25, 0.3) is 0 Å². The maximum atomic E-state index is 11.3. The van der Waals surface area contributed by atoms with Crippen LogP contribution in [0.5, 0.6) is 0 Å². The second kappa shape index (κ2) is 7.80. The predicted octanol–water partition coefficient (Wildman–Crippen LogP) is 1.93. The molecule has 0 fully saturated rings. The third-order valence-corrected chi connectivity index (χ3v) is 5.55. The highest BCUT2D eigenvalue weighted by atomic mass is 32.2. The number of nitrogens with one attached hydrogen (secondary N) is 1. The Labute approximate surface area is 128 Å². The normalized spacial score (nSPS) is 14.0. The molecule has 1 atom stereocenters. The number of hydrogen-bond donors (Lipinski definition) is 2. The lowest BCUT2D eigenvalue weighted by atomic mass is 9.91. The number of carboxylic acid groups (broad SMARTS) is 1. The van der Waals surface area contributed by atoms with Gasteiger partial charge >= 0.3 is 5.97 Å². The summed E-state index contributed by atoms with van der Waals surface area (Å²) in [7, 11) is 5.58. The van der Waals surface area contributed by atoms with Gasteiger partial charge in [0, 0.05) is 19.8 Å². The first kappa shape index (κ1) is 17.2. The molecule has 1 unspecified atom stereocenters. The van der Waals surface area contributed by atoms with Crippen molar-refractivity contribution in [2.75, 3.05) is 31.8 Å². The lowest BCUT2D eigenvalue weighted by Crippen LogP contribution is -2.49. The van der Waals surface area contributed by atoms with Crippen molar-refractivity contribution < 1.29 is 9.90 Å². The van der Waals surface area contributed by atoms with Crippen LogP contribution >= 0.6 is 23.1 Å². The molecule has 2 N–H and O–H groups in total. The Morgan fingerprint density at radius 2 is 2.20 bits per heavy atom. The lowest BCUT2D eigenvalue weighted by Gasteiger charge is -2.27. The van der Waals surface area contributed by atoms with Crippen LogP contribution in [0.15, 0.2) is 4.34 Å². The second-order valence-electron chi connectivity index (χ2n) is 4.69. The Morgan fingerprint density at radius 3 is 2.65 bits per heavy atom. The van der Waals surface area contributed by atoms with Gasteiger partial charge in [0.15, 0.2) is 4.34 Å². The van der Waals surface area contributed by atoms with Crippen molar-refractivity contribution in [1.82, 2.24) is 15.5 Å². The fourth-order valence-electron chi connectivity index (χ4n) is 1.82. The highest BCUT2D eigenvalue weighted by Crippen LogP contribution is 2.28. The second-order valence-corrected chi connectivity index (χ2v) is 6.99. The average Bonchev–Trinajstić information content (AvgIpc) is 2.88. The van der Waals surface area contributed by atoms with Gasteiger partial charge in [-0.1, -0.05) is 30.0 Å². The van der Waals surface area contributed by atoms with Crippen LogP contribution in [0.1, 0.15) is 26.2 Å². The first-order valence-corrected chi connectivity index (χ1v) is 8.31. The van der Waals surface area contributed by atoms with Crippen LogP contribution in [-0.2, 0) is 4.79 Å². The maximum absolute atomic E-state index is 11.3. The number of carboxylic acids is 1. The summed E-state index contributed by atoms with van der Waals surface area (Å²) >= 11 is 3.18. The summed E-state index contributed by atoms with van der Waals surface area (Å²) in [6.07, 6.45) is 2.01. The van der Waals surface area contributed by atoms with E-state index < -0.39 is 11.5 Å². The average molecular weight is 318 g/mol. The Morgan fingerprint density at radius 1 is 1.50 bits per heavy atom. The van der Waals surface area contributed by atoms with Gasteiger partial charge in [0.25, 0.3) is 0 Å². The summed E-state index contributed by atoms with van der Waals surface area (Å²) in [5.41, 5.74) is -0.809. The van der Waals surface area contributed by atoms with Gasteiger partial charge < -0.3 is 15.3 Å². The number of likely N-dealkylation sites (N-methyl/N-ethyl adjacent to an activating group) is 1. The molecule has 1 heterocycles. The van der Waals surface area contributed by atoms with Crippen LogP contribution in [0, 0.1) is 0 Å². The first-order chi connectivity index (χ1) is 9.45. The smallest absolute Gasteiger partial charge is 0.323 e. The molecule has 0 bridgehead atoms. The molecule has 0 radical (unpaired) electrons. The SMILES string of the molecule is CCC(CCCSc1nnc(N(C)C)s1)(NC)C(=O)O. The van der Waals surface area contributed by atoms with E-state index in [1.165, 1.54) is 0 Å². The van der Waals surface area contributed by atoms with Gasteiger partial charge in [0.2, 0.25) is 5.13 Å². The molecule has 0 spiro atoms. The largest absolute Gasteiger partial charge is 0.480 e. The molecule has 0 aliphatic carbocycles. The van der Waals surface area contributed by atoms with E-state index in [4.69, 9.17) is 0 Å². The van der Waals surface area contributed by atoms with E-state index in [-0.39, 0.29) is 0 Å². The van der Waals surface area contributed by atoms with Crippen molar-refractivity contribution >= 4 is 34.2 Å². The van der Waals surface area contributed by atoms with Gasteiger partial charge in [-0.2, -0.15) is 0 Å². The third-order valence-electron chi connectivity index (χ3n) is 3.24. The van der Waals surface area contributed by atoms with Crippen molar-refractivity contribution in [1.29, 1.82) is 0 Å². The zero-order valence-electron chi connectivity index (χ0n) is 12.3. The van der Waals surface area contributed by atoms with Gasteiger partial charge in [0.05, 0.1) is 0 Å². The zero-order valence-corrected chi connectivity index (χ0v) is 14.0. The lowest BCUT2D eigenvalue weighted by molar-refractivity contribution is -0.145. The minimum absolute atomic E-state index is 0.576. The topological polar surface area (TPSA) is 78.4 Å². The van der Waals surface area contributed by atoms with E-state index in [0.717, 1.165) is 21.6 Å². The maximum Gasteiger partial charge on any atom is 0.323 e. The molecular weight excluding hydrogens is 296 g/mol. The Hall–Kier alpha value is -0.860. The van der Waals surface area contributed by atoms with Crippen molar-refractivity contribution in [3.63, 3.8) is 0 Å². The summed E-state index contributed by atoms with van der Waals surface area (Å²) in [5, 5.41) is 21.3. The van der Waals surface area contributed by atoms with E-state index in [1.54, 1.807) is 30.1 Å². The number of hydrogen-bond acceptors (Lipinski definition) is 7. The summed E-state index contributed by atoms with van der Waals surface area (Å²) in [5.74, 6) is 0.0667. The number of rotatable bonds is 9. The molecule has 0 amide bonds. The van der Waals surface area contributed by atoms with Crippen molar-refractivity contribution in [3.05, 3.63) is 0 Å². The number of aromatic nitrogens is 2. The molecule has 8 heteroatoms. The van der Waals surface area contributed by atoms with Crippen LogP contribution in [0.2, 0.25) is 0 Å². The molecule has 0 saturated heterocycles. The van der Waals surface area contributed by atoms with Crippen molar-refractivity contribution in [3.8, 4) is 0 Å².